The first-order valence-electron chi connectivity index (χ1n) is 10.3. The van der Waals surface area contributed by atoms with Gasteiger partial charge in [-0.2, -0.15) is 0 Å². The van der Waals surface area contributed by atoms with Gasteiger partial charge < -0.3 is 20.4 Å². The average Bonchev–Trinajstić information content (AvgIpc) is 3.07. The lowest BCUT2D eigenvalue weighted by atomic mass is 9.93. The van der Waals surface area contributed by atoms with Crippen LogP contribution in [0, 0.1) is 0 Å². The van der Waals surface area contributed by atoms with Gasteiger partial charge in [0.2, 0.25) is 0 Å². The first-order chi connectivity index (χ1) is 14.1. The molecule has 7 heteroatoms. The number of H-pyrrole nitrogens is 1. The second-order valence-corrected chi connectivity index (χ2v) is 8.74. The van der Waals surface area contributed by atoms with Gasteiger partial charge in [-0.1, -0.05) is 12.1 Å². The quantitative estimate of drug-likeness (QED) is 0.685. The summed E-state index contributed by atoms with van der Waals surface area (Å²) in [6.07, 6.45) is 3.89. The van der Waals surface area contributed by atoms with E-state index in [1.807, 2.05) is 52.0 Å². The summed E-state index contributed by atoms with van der Waals surface area (Å²) >= 11 is 0. The molecule has 1 aromatic carbocycles. The Morgan fingerprint density at radius 3 is 2.53 bits per heavy atom. The normalized spacial score (nSPS) is 14.6. The van der Waals surface area contributed by atoms with Crippen LogP contribution in [0.3, 0.4) is 0 Å². The predicted octanol–water partition coefficient (Wildman–Crippen LogP) is 4.24. The molecule has 30 heavy (non-hydrogen) atoms. The number of ether oxygens (including phenoxy) is 1. The molecule has 0 radical (unpaired) electrons. The molecule has 7 nitrogen and oxygen atoms in total. The molecule has 1 aromatic heterocycles. The van der Waals surface area contributed by atoms with Crippen LogP contribution >= 0.6 is 0 Å². The molecule has 2 aromatic rings. The highest BCUT2D eigenvalue weighted by Gasteiger charge is 2.26. The molecule has 0 spiro atoms. The Labute approximate surface area is 176 Å². The summed E-state index contributed by atoms with van der Waals surface area (Å²) in [5.41, 5.74) is 2.90. The molecule has 0 fully saturated rings. The minimum Gasteiger partial charge on any atom is -0.444 e. The third-order valence-corrected chi connectivity index (χ3v) is 4.83. The fourth-order valence-corrected chi connectivity index (χ4v) is 3.55. The largest absolute Gasteiger partial charge is 0.444 e. The smallest absolute Gasteiger partial charge is 0.407 e. The number of carbonyl (C=O) groups excluding carboxylic acids is 3. The number of aryl methyl sites for hydroxylation is 1. The van der Waals surface area contributed by atoms with Crippen molar-refractivity contribution in [3.63, 3.8) is 0 Å². The lowest BCUT2D eigenvalue weighted by Crippen LogP contribution is -2.38. The number of Topliss-reactive ketones (excluding diaryl/α,β-unsaturated/α-hetero) is 1. The van der Waals surface area contributed by atoms with E-state index in [0.717, 1.165) is 24.1 Å². The Balaban J connectivity index is 1.57. The highest BCUT2D eigenvalue weighted by Crippen LogP contribution is 2.25. The molecule has 0 aliphatic heterocycles. The Morgan fingerprint density at radius 2 is 1.87 bits per heavy atom. The first-order valence-corrected chi connectivity index (χ1v) is 10.3. The van der Waals surface area contributed by atoms with Gasteiger partial charge in [0.15, 0.2) is 5.78 Å². The van der Waals surface area contributed by atoms with Gasteiger partial charge in [-0.25, -0.2) is 4.79 Å². The van der Waals surface area contributed by atoms with Crippen LogP contribution in [0.25, 0.3) is 0 Å². The maximum Gasteiger partial charge on any atom is 0.407 e. The lowest BCUT2D eigenvalue weighted by molar-refractivity contribution is 0.0508. The van der Waals surface area contributed by atoms with Crippen molar-refractivity contribution < 1.29 is 19.1 Å². The van der Waals surface area contributed by atoms with Crippen molar-refractivity contribution >= 4 is 23.5 Å². The first kappa shape index (κ1) is 21.6. The van der Waals surface area contributed by atoms with E-state index in [1.165, 1.54) is 0 Å². The van der Waals surface area contributed by atoms with E-state index < -0.39 is 11.7 Å². The number of hydrogen-bond acceptors (Lipinski definition) is 4. The second kappa shape index (κ2) is 8.73. The fourth-order valence-electron chi connectivity index (χ4n) is 3.55. The van der Waals surface area contributed by atoms with Crippen molar-refractivity contribution in [1.29, 1.82) is 0 Å². The summed E-state index contributed by atoms with van der Waals surface area (Å²) in [5.74, 6) is -0.278. The average molecular weight is 412 g/mol. The van der Waals surface area contributed by atoms with Crippen LogP contribution in [0.4, 0.5) is 10.5 Å². The number of anilines is 1. The zero-order chi connectivity index (χ0) is 21.9. The van der Waals surface area contributed by atoms with Gasteiger partial charge in [0, 0.05) is 30.0 Å². The molecule has 1 unspecified atom stereocenters. The van der Waals surface area contributed by atoms with E-state index in [0.29, 0.717) is 29.7 Å². The number of nitrogens with one attached hydrogen (secondary N) is 3. The summed E-state index contributed by atoms with van der Waals surface area (Å²) in [6.45, 7) is 7.38. The Kier molecular flexibility index (Phi) is 6.29. The fraction of sp³-hybridized carbons (Fsp3) is 0.435. The highest BCUT2D eigenvalue weighted by atomic mass is 16.6. The summed E-state index contributed by atoms with van der Waals surface area (Å²) in [4.78, 5) is 39.8. The van der Waals surface area contributed by atoms with E-state index in [-0.39, 0.29) is 17.7 Å². The van der Waals surface area contributed by atoms with Crippen LogP contribution < -0.4 is 10.6 Å². The maximum atomic E-state index is 12.6. The molecule has 0 bridgehead atoms. The van der Waals surface area contributed by atoms with Crippen LogP contribution in [-0.4, -0.2) is 34.4 Å². The standard InChI is InChI=1S/C23H29N3O4/c1-14(25-22(29)30-23(2,3)4)12-15-8-10-16(11-9-15)26-21(28)17-13-24-18-6-5-7-19(27)20(17)18/h8-11,13-14,24H,5-7,12H2,1-4H3,(H,25,29)(H,26,28). The summed E-state index contributed by atoms with van der Waals surface area (Å²) in [6, 6.07) is 7.34. The molecule has 1 heterocycles. The number of amides is 2. The summed E-state index contributed by atoms with van der Waals surface area (Å²) in [5, 5.41) is 5.67. The molecule has 0 saturated heterocycles. The van der Waals surface area contributed by atoms with Gasteiger partial charge in [0.05, 0.1) is 11.1 Å². The number of aromatic nitrogens is 1. The number of ketones is 1. The maximum absolute atomic E-state index is 12.6. The minimum absolute atomic E-state index is 0.0180. The van der Waals surface area contributed by atoms with Crippen molar-refractivity contribution in [2.24, 2.45) is 0 Å². The van der Waals surface area contributed by atoms with Crippen molar-refractivity contribution in [2.45, 2.75) is 65.0 Å². The van der Waals surface area contributed by atoms with Crippen LogP contribution in [0.5, 0.6) is 0 Å². The van der Waals surface area contributed by atoms with E-state index >= 15 is 0 Å². The van der Waals surface area contributed by atoms with Crippen LogP contribution in [0.15, 0.2) is 30.5 Å². The van der Waals surface area contributed by atoms with E-state index in [2.05, 4.69) is 15.6 Å². The number of fused-ring (bicyclic) bond motifs is 1. The van der Waals surface area contributed by atoms with Crippen molar-refractivity contribution in [3.8, 4) is 0 Å². The topological polar surface area (TPSA) is 100 Å². The molecule has 3 rings (SSSR count). The Morgan fingerprint density at radius 1 is 1.17 bits per heavy atom. The number of benzene rings is 1. The Hall–Kier alpha value is -3.09. The van der Waals surface area contributed by atoms with Crippen molar-refractivity contribution in [2.75, 3.05) is 5.32 Å². The SMILES string of the molecule is CC(Cc1ccc(NC(=O)c2c[nH]c3c2C(=O)CCC3)cc1)NC(=O)OC(C)(C)C. The van der Waals surface area contributed by atoms with E-state index in [9.17, 15) is 14.4 Å². The molecule has 2 amide bonds. The molecule has 3 N–H and O–H groups in total. The van der Waals surface area contributed by atoms with Crippen LogP contribution in [0.2, 0.25) is 0 Å². The number of hydrogen-bond donors (Lipinski definition) is 3. The number of alkyl carbamates (subject to hydrolysis) is 1. The van der Waals surface area contributed by atoms with Crippen molar-refractivity contribution in [3.05, 3.63) is 52.8 Å². The molecule has 0 saturated carbocycles. The van der Waals surface area contributed by atoms with Gasteiger partial charge in [0.1, 0.15) is 5.60 Å². The second-order valence-electron chi connectivity index (χ2n) is 8.74. The summed E-state index contributed by atoms with van der Waals surface area (Å²) in [7, 11) is 0. The van der Waals surface area contributed by atoms with Gasteiger partial charge in [-0.3, -0.25) is 9.59 Å². The predicted molar refractivity (Wildman–Crippen MR) is 115 cm³/mol. The van der Waals surface area contributed by atoms with Gasteiger partial charge >= 0.3 is 6.09 Å². The lowest BCUT2D eigenvalue weighted by Gasteiger charge is -2.22. The zero-order valence-corrected chi connectivity index (χ0v) is 17.9. The van der Waals surface area contributed by atoms with Gasteiger partial charge in [0.25, 0.3) is 5.91 Å². The third kappa shape index (κ3) is 5.49. The number of rotatable bonds is 5. The van der Waals surface area contributed by atoms with E-state index in [4.69, 9.17) is 4.74 Å². The molecule has 1 atom stereocenters. The molecular formula is C23H29N3O4. The van der Waals surface area contributed by atoms with Gasteiger partial charge in [-0.05, 0) is 64.7 Å². The summed E-state index contributed by atoms with van der Waals surface area (Å²) < 4.78 is 5.27. The number of aromatic amines is 1. The molecule has 1 aliphatic rings. The monoisotopic (exact) mass is 411 g/mol. The highest BCUT2D eigenvalue weighted by molar-refractivity contribution is 6.13. The minimum atomic E-state index is -0.535. The van der Waals surface area contributed by atoms with Crippen LogP contribution in [-0.2, 0) is 17.6 Å². The van der Waals surface area contributed by atoms with Gasteiger partial charge in [-0.15, -0.1) is 0 Å². The molecule has 160 valence electrons. The van der Waals surface area contributed by atoms with E-state index in [1.54, 1.807) is 6.20 Å². The van der Waals surface area contributed by atoms with Crippen LogP contribution in [0.1, 0.15) is 72.5 Å². The number of carbonyl (C=O) groups is 3. The Bertz CT molecular complexity index is 938. The molecule has 1 aliphatic carbocycles. The third-order valence-electron chi connectivity index (χ3n) is 4.83. The molecular weight excluding hydrogens is 382 g/mol. The zero-order valence-electron chi connectivity index (χ0n) is 17.9. The van der Waals surface area contributed by atoms with Crippen molar-refractivity contribution in [1.82, 2.24) is 10.3 Å².